The summed E-state index contributed by atoms with van der Waals surface area (Å²) in [6.07, 6.45) is 12.6. The van der Waals surface area contributed by atoms with Crippen LogP contribution in [0.2, 0.25) is 0 Å². The van der Waals surface area contributed by atoms with Crippen molar-refractivity contribution in [2.24, 2.45) is 35.2 Å². The summed E-state index contributed by atoms with van der Waals surface area (Å²) in [4.78, 5) is 4.39. The van der Waals surface area contributed by atoms with Crippen LogP contribution in [-0.4, -0.2) is 4.98 Å². The molecule has 8 aromatic heterocycles. The molecule has 7 nitrogen and oxygen atoms in total. The van der Waals surface area contributed by atoms with Crippen LogP contribution in [0.25, 0.3) is 164 Å². The van der Waals surface area contributed by atoms with Crippen LogP contribution < -0.4 is 22.8 Å². The fraction of sp³-hybridized carbons (Fsp3) is 0.132. The molecule has 0 fully saturated rings. The van der Waals surface area contributed by atoms with Gasteiger partial charge in [-0.25, -0.2) is 27.8 Å². The summed E-state index contributed by atoms with van der Waals surface area (Å²) in [5, 5.41) is 17.6. The summed E-state index contributed by atoms with van der Waals surface area (Å²) in [7, 11) is 10.6. The average molecular weight is 1500 g/mol. The second kappa shape index (κ2) is 30.5. The van der Waals surface area contributed by atoms with Crippen molar-refractivity contribution in [2.75, 3.05) is 0 Å². The number of thiophene rings is 1. The van der Waals surface area contributed by atoms with Crippen molar-refractivity contribution in [3.8, 4) is 67.4 Å². The third kappa shape index (κ3) is 13.6. The molecule has 0 bridgehead atoms. The minimum Gasteiger partial charge on any atom is -0.437 e. The van der Waals surface area contributed by atoms with Crippen molar-refractivity contribution in [1.29, 1.82) is 0 Å². The molecular formula is C106H93N6OS+5. The van der Waals surface area contributed by atoms with Crippen LogP contribution in [0.5, 0.6) is 0 Å². The van der Waals surface area contributed by atoms with Crippen molar-refractivity contribution < 1.29 is 27.3 Å². The first-order valence-corrected chi connectivity index (χ1v) is 40.1. The summed E-state index contributed by atoms with van der Waals surface area (Å²) in [6, 6.07) is 104. The van der Waals surface area contributed by atoms with Gasteiger partial charge in [0.1, 0.15) is 35.2 Å². The highest BCUT2D eigenvalue weighted by atomic mass is 32.1. The molecule has 0 amide bonds. The number of rotatable bonds is 5. The molecule has 8 heterocycles. The van der Waals surface area contributed by atoms with Crippen LogP contribution in [0.3, 0.4) is 0 Å². The van der Waals surface area contributed by atoms with Gasteiger partial charge in [-0.15, -0.1) is 11.3 Å². The standard InChI is InChI=1S/C26H24N.C23H18NS.C22H17N2O.C18H18N.C17H16N/c1-17-15-22-20-11-7-8-12-23(20)26(2,3)24(22)16-21(17)25-19-10-6-5-9-18(19)13-14-27(25)4;1-15-11-12-19-18-9-5-6-10-20(18)25-23(19)21(15)22-17-8-4-3-7-16(17)13-14-24(22)2;1-14-9-10-17-18-8-5-12-23-22(18)25-21(17)19(14)20-16-7-4-3-6-15(16)11-13-24(20)2;1-13-8-9-14(2)17(10-13)18-11-15-6-4-5-7-16(15)12-19(18)3;1-13-7-3-6-10-16(13)17-11-14-8-4-5-9-15(14)12-18(17)2/h5-16H,1-4H3;3-14H,1-2H3;3-13H,1-2H3;4-12H,1-3H3;3-12H,1-2H3/q5*+1. The molecule has 1 aliphatic rings. The first-order chi connectivity index (χ1) is 55.4. The summed E-state index contributed by atoms with van der Waals surface area (Å²) in [5.74, 6) is 0. The largest absolute Gasteiger partial charge is 0.437 e. The minimum atomic E-state index is 0.0253. The zero-order valence-electron chi connectivity index (χ0n) is 67.2. The van der Waals surface area contributed by atoms with E-state index < -0.39 is 0 Å². The van der Waals surface area contributed by atoms with Crippen LogP contribution in [0, 0.1) is 41.5 Å². The molecule has 1 aliphatic carbocycles. The molecule has 0 aliphatic heterocycles. The van der Waals surface area contributed by atoms with Gasteiger partial charge in [-0.3, -0.25) is 0 Å². The van der Waals surface area contributed by atoms with Crippen molar-refractivity contribution in [3.05, 3.63) is 373 Å². The minimum absolute atomic E-state index is 0.0253. The molecule has 0 radical (unpaired) electrons. The lowest BCUT2D eigenvalue weighted by Crippen LogP contribution is -2.31. The molecule has 20 aromatic rings. The predicted octanol–water partition coefficient (Wildman–Crippen LogP) is 24.5. The summed E-state index contributed by atoms with van der Waals surface area (Å²) in [6.45, 7) is 17.8. The highest BCUT2D eigenvalue weighted by Gasteiger charge is 2.37. The maximum absolute atomic E-state index is 6.20. The van der Waals surface area contributed by atoms with Crippen molar-refractivity contribution >= 4 is 107 Å². The molecule has 21 rings (SSSR count). The van der Waals surface area contributed by atoms with Gasteiger partial charge in [0.25, 0.3) is 0 Å². The molecule has 8 heteroatoms. The van der Waals surface area contributed by atoms with Crippen LogP contribution >= 0.6 is 11.3 Å². The molecule has 554 valence electrons. The van der Waals surface area contributed by atoms with Gasteiger partial charge < -0.3 is 4.42 Å². The Bertz CT molecular complexity index is 6980. The van der Waals surface area contributed by atoms with E-state index in [1.165, 1.54) is 180 Å². The number of hydrogen-bond donors (Lipinski definition) is 0. The van der Waals surface area contributed by atoms with E-state index in [1.54, 1.807) is 6.20 Å². The molecule has 0 saturated carbocycles. The normalized spacial score (nSPS) is 12.0. The topological polar surface area (TPSA) is 45.4 Å². The lowest BCUT2D eigenvalue weighted by Gasteiger charge is -2.22. The quantitative estimate of drug-likeness (QED) is 0.161. The Labute approximate surface area is 671 Å². The lowest BCUT2D eigenvalue weighted by molar-refractivity contribution is -0.659. The van der Waals surface area contributed by atoms with Gasteiger partial charge in [0.2, 0.25) is 34.2 Å². The van der Waals surface area contributed by atoms with E-state index in [2.05, 4.69) is 435 Å². The molecule has 0 saturated heterocycles. The smallest absolute Gasteiger partial charge is 0.227 e. The number of nitrogens with zero attached hydrogens (tertiary/aromatic N) is 6. The van der Waals surface area contributed by atoms with Gasteiger partial charge >= 0.3 is 0 Å². The SMILES string of the molecule is Cc1cc2c(cc1-c1c3ccccc3cc[n+]1C)C(C)(C)c1ccccc1-2.Cc1ccc(C)c(-c2cc3ccccc3c[n+]2C)c1.Cc1ccc2c(oc3ncccc32)c1-c1c2ccccc2cc[n+]1C.Cc1ccc2c(sc3ccccc32)c1-c1c2ccccc2cc[n+]1C.Cc1ccccc1-c1cc2ccccc2c[n+]1C. The van der Waals surface area contributed by atoms with Crippen LogP contribution in [0.1, 0.15) is 58.4 Å². The monoisotopic (exact) mass is 1500 g/mol. The molecule has 114 heavy (non-hydrogen) atoms. The Hall–Kier alpha value is -13.1. The average Bonchev–Trinajstić information content (AvgIpc) is 1.57. The van der Waals surface area contributed by atoms with Crippen molar-refractivity contribution in [2.45, 2.75) is 60.8 Å². The molecular weight excluding hydrogens is 1410 g/mol. The highest BCUT2D eigenvalue weighted by Crippen LogP contribution is 2.51. The van der Waals surface area contributed by atoms with E-state index in [0.29, 0.717) is 5.71 Å². The zero-order chi connectivity index (χ0) is 78.6. The molecule has 0 N–H and O–H groups in total. The number of fused-ring (bicyclic) bond motifs is 14. The highest BCUT2D eigenvalue weighted by molar-refractivity contribution is 7.26. The third-order valence-electron chi connectivity index (χ3n) is 23.3. The first kappa shape index (κ1) is 73.6. The van der Waals surface area contributed by atoms with Crippen molar-refractivity contribution in [3.63, 3.8) is 0 Å². The van der Waals surface area contributed by atoms with Gasteiger partial charge in [-0.2, -0.15) is 0 Å². The van der Waals surface area contributed by atoms with E-state index >= 15 is 0 Å². The third-order valence-corrected chi connectivity index (χ3v) is 24.5. The van der Waals surface area contributed by atoms with Crippen LogP contribution in [-0.2, 0) is 40.7 Å². The van der Waals surface area contributed by atoms with Gasteiger partial charge in [-0.1, -0.05) is 214 Å². The number of hydrogen-bond acceptors (Lipinski definition) is 3. The summed E-state index contributed by atoms with van der Waals surface area (Å²) < 4.78 is 20.0. The van der Waals surface area contributed by atoms with Gasteiger partial charge in [-0.05, 0) is 185 Å². The number of pyridine rings is 6. The van der Waals surface area contributed by atoms with E-state index in [9.17, 15) is 0 Å². The van der Waals surface area contributed by atoms with Crippen LogP contribution in [0.4, 0.5) is 0 Å². The number of benzene rings is 12. The fourth-order valence-corrected chi connectivity index (χ4v) is 18.5. The number of aromatic nitrogens is 6. The van der Waals surface area contributed by atoms with E-state index in [0.717, 1.165) is 21.9 Å². The van der Waals surface area contributed by atoms with E-state index in [4.69, 9.17) is 4.42 Å². The van der Waals surface area contributed by atoms with Crippen LogP contribution in [0.15, 0.2) is 333 Å². The van der Waals surface area contributed by atoms with Gasteiger partial charge in [0, 0.05) is 94.8 Å². The second-order valence-corrected chi connectivity index (χ2v) is 32.3. The first-order valence-electron chi connectivity index (χ1n) is 39.3. The molecule has 0 atom stereocenters. The maximum atomic E-state index is 6.20. The zero-order valence-corrected chi connectivity index (χ0v) is 68.0. The van der Waals surface area contributed by atoms with Gasteiger partial charge in [0.15, 0.2) is 36.6 Å². The molecule has 0 spiro atoms. The maximum Gasteiger partial charge on any atom is 0.227 e. The summed E-state index contributed by atoms with van der Waals surface area (Å²) in [5.41, 5.74) is 27.7. The molecule has 0 unspecified atom stereocenters. The Morgan fingerprint density at radius 2 is 0.772 bits per heavy atom. The Balaban J connectivity index is 0.000000104. The molecule has 12 aromatic carbocycles. The number of furan rings is 1. The second-order valence-electron chi connectivity index (χ2n) is 31.2. The predicted molar refractivity (Wildman–Crippen MR) is 477 cm³/mol. The Morgan fingerprint density at radius 3 is 1.39 bits per heavy atom. The Morgan fingerprint density at radius 1 is 0.307 bits per heavy atom. The lowest BCUT2D eigenvalue weighted by atomic mass is 9.81. The summed E-state index contributed by atoms with van der Waals surface area (Å²) >= 11 is 1.90. The van der Waals surface area contributed by atoms with Gasteiger partial charge in [0.05, 0.1) is 32.8 Å². The van der Waals surface area contributed by atoms with Crippen molar-refractivity contribution in [1.82, 2.24) is 4.98 Å². The number of aryl methyl sites for hydroxylation is 11. The Kier molecular flexibility index (Phi) is 19.7. The van der Waals surface area contributed by atoms with E-state index in [-0.39, 0.29) is 5.41 Å². The van der Waals surface area contributed by atoms with E-state index in [1.807, 2.05) is 17.4 Å². The fourth-order valence-electron chi connectivity index (χ4n) is 17.2.